The Hall–Kier alpha value is -1.86. The molecule has 0 fully saturated rings. The largest absolute Gasteiger partial charge is 0.380 e. The Morgan fingerprint density at radius 3 is 2.94 bits per heavy atom. The van der Waals surface area contributed by atoms with E-state index >= 15 is 0 Å². The lowest BCUT2D eigenvalue weighted by molar-refractivity contribution is -0.118. The van der Waals surface area contributed by atoms with Gasteiger partial charge >= 0.3 is 0 Å². The van der Waals surface area contributed by atoms with Crippen LogP contribution in [-0.4, -0.2) is 13.0 Å². The molecule has 0 aliphatic rings. The van der Waals surface area contributed by atoms with E-state index in [0.29, 0.717) is 18.7 Å². The van der Waals surface area contributed by atoms with Crippen LogP contribution >= 0.6 is 0 Å². The molecule has 0 saturated heterocycles. The molecule has 18 heavy (non-hydrogen) atoms. The number of anilines is 1. The molecular formula is C14H18N2O2. The topological polar surface area (TPSA) is 62.1 Å². The van der Waals surface area contributed by atoms with Crippen LogP contribution in [0, 0.1) is 17.2 Å². The zero-order chi connectivity index (χ0) is 13.4. The van der Waals surface area contributed by atoms with Gasteiger partial charge in [0, 0.05) is 12.8 Å². The standard InChI is InChI=1S/C14H18N2O2/c1-3-5-12(9-15)14(17)16-13-7-4-6-11(8-13)10-18-2/h4,6-8,12H,3,5,10H2,1-2H3,(H,16,17). The molecule has 0 aliphatic heterocycles. The molecule has 0 heterocycles. The second kappa shape index (κ2) is 7.46. The van der Waals surface area contributed by atoms with Crippen molar-refractivity contribution in [1.29, 1.82) is 5.26 Å². The summed E-state index contributed by atoms with van der Waals surface area (Å²) in [6.45, 7) is 2.46. The zero-order valence-corrected chi connectivity index (χ0v) is 10.8. The number of hydrogen-bond acceptors (Lipinski definition) is 3. The Morgan fingerprint density at radius 1 is 1.56 bits per heavy atom. The molecule has 1 atom stereocenters. The van der Waals surface area contributed by atoms with Gasteiger partial charge < -0.3 is 10.1 Å². The Bertz CT molecular complexity index is 438. The van der Waals surface area contributed by atoms with Gasteiger partial charge in [-0.3, -0.25) is 4.79 Å². The average Bonchev–Trinajstić information content (AvgIpc) is 2.36. The van der Waals surface area contributed by atoms with Gasteiger partial charge in [-0.15, -0.1) is 0 Å². The van der Waals surface area contributed by atoms with Crippen molar-refractivity contribution in [2.45, 2.75) is 26.4 Å². The third-order valence-corrected chi connectivity index (χ3v) is 2.56. The second-order valence-corrected chi connectivity index (χ2v) is 4.09. The van der Waals surface area contributed by atoms with E-state index in [1.807, 2.05) is 31.2 Å². The fourth-order valence-corrected chi connectivity index (χ4v) is 1.68. The van der Waals surface area contributed by atoms with Crippen molar-refractivity contribution in [3.8, 4) is 6.07 Å². The first-order chi connectivity index (χ1) is 8.71. The minimum Gasteiger partial charge on any atom is -0.380 e. The van der Waals surface area contributed by atoms with E-state index in [1.54, 1.807) is 13.2 Å². The molecule has 4 heteroatoms. The van der Waals surface area contributed by atoms with Gasteiger partial charge in [-0.1, -0.05) is 25.5 Å². The third kappa shape index (κ3) is 4.19. The van der Waals surface area contributed by atoms with E-state index < -0.39 is 5.92 Å². The molecule has 0 saturated carbocycles. The summed E-state index contributed by atoms with van der Waals surface area (Å²) in [5, 5.41) is 11.7. The number of rotatable bonds is 6. The number of carbonyl (C=O) groups is 1. The summed E-state index contributed by atoms with van der Waals surface area (Å²) in [5.41, 5.74) is 1.69. The maximum Gasteiger partial charge on any atom is 0.241 e. The van der Waals surface area contributed by atoms with Crippen molar-refractivity contribution >= 4 is 11.6 Å². The van der Waals surface area contributed by atoms with Crippen LogP contribution in [0.3, 0.4) is 0 Å². The molecular weight excluding hydrogens is 228 g/mol. The quantitative estimate of drug-likeness (QED) is 0.839. The van der Waals surface area contributed by atoms with Crippen molar-refractivity contribution in [1.82, 2.24) is 0 Å². The number of hydrogen-bond donors (Lipinski definition) is 1. The summed E-state index contributed by atoms with van der Waals surface area (Å²) in [6, 6.07) is 9.45. The SMILES string of the molecule is CCCC(C#N)C(=O)Nc1cccc(COC)c1. The van der Waals surface area contributed by atoms with Crippen molar-refractivity contribution in [2.24, 2.45) is 5.92 Å². The van der Waals surface area contributed by atoms with Crippen molar-refractivity contribution < 1.29 is 9.53 Å². The molecule has 0 aromatic heterocycles. The van der Waals surface area contributed by atoms with Crippen LogP contribution in [0.4, 0.5) is 5.69 Å². The Morgan fingerprint density at radius 2 is 2.33 bits per heavy atom. The summed E-state index contributed by atoms with van der Waals surface area (Å²) < 4.78 is 5.03. The summed E-state index contributed by atoms with van der Waals surface area (Å²) in [7, 11) is 1.62. The van der Waals surface area contributed by atoms with Gasteiger partial charge in [0.1, 0.15) is 5.92 Å². The molecule has 1 unspecified atom stereocenters. The van der Waals surface area contributed by atoms with Crippen LogP contribution < -0.4 is 5.32 Å². The fraction of sp³-hybridized carbons (Fsp3) is 0.429. The first kappa shape index (κ1) is 14.2. The minimum absolute atomic E-state index is 0.242. The lowest BCUT2D eigenvalue weighted by atomic mass is 10.0. The maximum atomic E-state index is 11.8. The van der Waals surface area contributed by atoms with Crippen molar-refractivity contribution in [3.63, 3.8) is 0 Å². The zero-order valence-electron chi connectivity index (χ0n) is 10.8. The molecule has 0 spiro atoms. The molecule has 1 aromatic carbocycles. The first-order valence-corrected chi connectivity index (χ1v) is 5.99. The summed E-state index contributed by atoms with van der Waals surface area (Å²) in [6.07, 6.45) is 1.40. The van der Waals surface area contributed by atoms with Gasteiger partial charge in [-0.05, 0) is 24.1 Å². The third-order valence-electron chi connectivity index (χ3n) is 2.56. The van der Waals surface area contributed by atoms with E-state index in [-0.39, 0.29) is 5.91 Å². The summed E-state index contributed by atoms with van der Waals surface area (Å²) in [5.74, 6) is -0.824. The van der Waals surface area contributed by atoms with E-state index in [4.69, 9.17) is 10.00 Å². The Labute approximate surface area is 108 Å². The normalized spacial score (nSPS) is 11.6. The first-order valence-electron chi connectivity index (χ1n) is 5.99. The van der Waals surface area contributed by atoms with Gasteiger partial charge in [-0.2, -0.15) is 5.26 Å². The van der Waals surface area contributed by atoms with E-state index in [2.05, 4.69) is 5.32 Å². The predicted molar refractivity (Wildman–Crippen MR) is 69.8 cm³/mol. The van der Waals surface area contributed by atoms with Crippen LogP contribution in [0.25, 0.3) is 0 Å². The molecule has 1 N–H and O–H groups in total. The maximum absolute atomic E-state index is 11.8. The van der Waals surface area contributed by atoms with Gasteiger partial charge in [0.05, 0.1) is 12.7 Å². The number of nitrogens with one attached hydrogen (secondary N) is 1. The van der Waals surface area contributed by atoms with Crippen molar-refractivity contribution in [2.75, 3.05) is 12.4 Å². The smallest absolute Gasteiger partial charge is 0.241 e. The summed E-state index contributed by atoms with van der Waals surface area (Å²) >= 11 is 0. The highest BCUT2D eigenvalue weighted by molar-refractivity contribution is 5.94. The summed E-state index contributed by atoms with van der Waals surface area (Å²) in [4.78, 5) is 11.8. The monoisotopic (exact) mass is 246 g/mol. The molecule has 1 aromatic rings. The molecule has 1 amide bonds. The molecule has 4 nitrogen and oxygen atoms in total. The van der Waals surface area contributed by atoms with Crippen LogP contribution in [0.2, 0.25) is 0 Å². The van der Waals surface area contributed by atoms with Gasteiger partial charge in [-0.25, -0.2) is 0 Å². The minimum atomic E-state index is -0.582. The Kier molecular flexibility index (Phi) is 5.89. The van der Waals surface area contributed by atoms with Gasteiger partial charge in [0.2, 0.25) is 5.91 Å². The van der Waals surface area contributed by atoms with E-state index in [1.165, 1.54) is 0 Å². The number of benzene rings is 1. The number of ether oxygens (including phenoxy) is 1. The fourth-order valence-electron chi connectivity index (χ4n) is 1.68. The van der Waals surface area contributed by atoms with Crippen LogP contribution in [0.5, 0.6) is 0 Å². The van der Waals surface area contributed by atoms with Crippen LogP contribution in [-0.2, 0) is 16.1 Å². The lowest BCUT2D eigenvalue weighted by Crippen LogP contribution is -2.21. The second-order valence-electron chi connectivity index (χ2n) is 4.09. The molecule has 0 radical (unpaired) electrons. The molecule has 1 rings (SSSR count). The van der Waals surface area contributed by atoms with Crippen molar-refractivity contribution in [3.05, 3.63) is 29.8 Å². The van der Waals surface area contributed by atoms with Gasteiger partial charge in [0.15, 0.2) is 0 Å². The number of amides is 1. The van der Waals surface area contributed by atoms with E-state index in [9.17, 15) is 4.79 Å². The highest BCUT2D eigenvalue weighted by Crippen LogP contribution is 2.14. The molecule has 0 aliphatic carbocycles. The van der Waals surface area contributed by atoms with Crippen LogP contribution in [0.15, 0.2) is 24.3 Å². The molecule has 96 valence electrons. The number of carbonyl (C=O) groups excluding carboxylic acids is 1. The lowest BCUT2D eigenvalue weighted by Gasteiger charge is -2.10. The number of methoxy groups -OCH3 is 1. The number of nitriles is 1. The Balaban J connectivity index is 2.69. The predicted octanol–water partition coefficient (Wildman–Crippen LogP) is 2.71. The average molecular weight is 246 g/mol. The van der Waals surface area contributed by atoms with Gasteiger partial charge in [0.25, 0.3) is 0 Å². The number of nitrogens with zero attached hydrogens (tertiary/aromatic N) is 1. The van der Waals surface area contributed by atoms with Crippen LogP contribution in [0.1, 0.15) is 25.3 Å². The molecule has 0 bridgehead atoms. The van der Waals surface area contributed by atoms with E-state index in [0.717, 1.165) is 12.0 Å². The highest BCUT2D eigenvalue weighted by atomic mass is 16.5. The highest BCUT2D eigenvalue weighted by Gasteiger charge is 2.16.